The molecule has 0 spiro atoms. The van der Waals surface area contributed by atoms with Crippen LogP contribution in [0.4, 0.5) is 0 Å². The van der Waals surface area contributed by atoms with Crippen molar-refractivity contribution in [2.24, 2.45) is 0 Å². The first-order valence-electron chi connectivity index (χ1n) is 0.698. The predicted molar refractivity (Wildman–Crippen MR) is 40.6 cm³/mol. The molecule has 0 aliphatic heterocycles. The summed E-state index contributed by atoms with van der Waals surface area (Å²) in [6, 6.07) is 0. The minimum Gasteiger partial charge on any atom is -1.00 e. The quantitative estimate of drug-likeness (QED) is 0.324. The Morgan fingerprint density at radius 3 is 0.714 bits per heavy atom. The van der Waals surface area contributed by atoms with Gasteiger partial charge in [0, 0.05) is 19.5 Å². The van der Waals surface area contributed by atoms with Crippen LogP contribution in [0.25, 0.3) is 0 Å². The van der Waals surface area contributed by atoms with Crippen molar-refractivity contribution in [3.05, 3.63) is 0 Å². The molecule has 0 amide bonds. The Kier molecular flexibility index (Phi) is 385. The van der Waals surface area contributed by atoms with Crippen LogP contribution in [0.15, 0.2) is 0 Å². The van der Waals surface area contributed by atoms with Gasteiger partial charge in [-0.1, -0.05) is 0 Å². The third-order valence-corrected chi connectivity index (χ3v) is 0. The van der Waals surface area contributed by atoms with Gasteiger partial charge < -0.3 is 39.8 Å². The van der Waals surface area contributed by atoms with Crippen LogP contribution >= 0.6 is 0 Å². The molecule has 0 aromatic heterocycles. The van der Waals surface area contributed by atoms with Crippen molar-refractivity contribution < 1.29 is 106 Å². The van der Waals surface area contributed by atoms with E-state index in [1.165, 1.54) is 0 Å². The molecular formula is H17NaO11SZn. The normalized spacial score (nSPS) is 4.14. The SMILES string of the molecule is O.O.O.O.O.O.O.O=S(=O)(O)O.[H-].[Na+].[Zn]. The maximum atomic E-state index is 8.74. The van der Waals surface area contributed by atoms with E-state index in [0.29, 0.717) is 0 Å². The summed E-state index contributed by atoms with van der Waals surface area (Å²) in [6.07, 6.45) is 0. The van der Waals surface area contributed by atoms with Crippen LogP contribution in [0, 0.1) is 0 Å². The van der Waals surface area contributed by atoms with E-state index in [1.807, 2.05) is 0 Å². The average Bonchev–Trinajstić information content (AvgIpc) is 0.722. The summed E-state index contributed by atoms with van der Waals surface area (Å²) in [6.45, 7) is 0. The van der Waals surface area contributed by atoms with E-state index in [-0.39, 0.29) is 88.8 Å². The summed E-state index contributed by atoms with van der Waals surface area (Å²) >= 11 is 0. The second-order valence-electron chi connectivity index (χ2n) is 0.448. The largest absolute Gasteiger partial charge is 1.00 e. The summed E-state index contributed by atoms with van der Waals surface area (Å²) in [5, 5.41) is 0. The Labute approximate surface area is 116 Å². The first-order chi connectivity index (χ1) is 2.00. The van der Waals surface area contributed by atoms with E-state index in [4.69, 9.17) is 17.5 Å². The van der Waals surface area contributed by atoms with E-state index < -0.39 is 10.4 Å². The molecule has 14 heteroatoms. The predicted octanol–water partition coefficient (Wildman–Crippen LogP) is -9.31. The second-order valence-corrected chi connectivity index (χ2v) is 1.34. The van der Waals surface area contributed by atoms with E-state index in [9.17, 15) is 0 Å². The van der Waals surface area contributed by atoms with Crippen LogP contribution in [0.5, 0.6) is 0 Å². The van der Waals surface area contributed by atoms with Gasteiger partial charge in [-0.2, -0.15) is 8.42 Å². The van der Waals surface area contributed by atoms with Crippen molar-refractivity contribution in [3.63, 3.8) is 0 Å². The summed E-state index contributed by atoms with van der Waals surface area (Å²) in [4.78, 5) is 0. The van der Waals surface area contributed by atoms with Crippen molar-refractivity contribution >= 4 is 10.4 Å². The van der Waals surface area contributed by atoms with Crippen LogP contribution in [0.2, 0.25) is 0 Å². The van der Waals surface area contributed by atoms with E-state index >= 15 is 0 Å². The zero-order valence-electron chi connectivity index (χ0n) is 8.33. The van der Waals surface area contributed by atoms with Crippen molar-refractivity contribution in [2.45, 2.75) is 0 Å². The van der Waals surface area contributed by atoms with Gasteiger partial charge in [-0.25, -0.2) is 0 Å². The van der Waals surface area contributed by atoms with Gasteiger partial charge in [0.1, 0.15) is 0 Å². The molecule has 11 nitrogen and oxygen atoms in total. The van der Waals surface area contributed by atoms with Gasteiger partial charge in [0.2, 0.25) is 0 Å². The van der Waals surface area contributed by atoms with Crippen molar-refractivity contribution in [1.82, 2.24) is 0 Å². The topological polar surface area (TPSA) is 295 Å². The zero-order valence-corrected chi connectivity index (χ0v) is 13.1. The minimum absolute atomic E-state index is 0. The Balaban J connectivity index is -0.00000000178. The van der Waals surface area contributed by atoms with Crippen molar-refractivity contribution in [3.8, 4) is 0 Å². The standard InChI is InChI=1S/Na.H2O4S.7H2O.Zn.H/c;1-5(2,3)4;;;;;;;;;/h;(H2,1,2,3,4);7*1H2;;/q+1;;;;;;;;;;-1. The molecule has 14 heavy (non-hydrogen) atoms. The van der Waals surface area contributed by atoms with Crippen molar-refractivity contribution in [1.29, 1.82) is 0 Å². The molecule has 0 rings (SSSR count). The fraction of sp³-hybridized carbons (Fsp3) is 0. The van der Waals surface area contributed by atoms with E-state index in [1.54, 1.807) is 0 Å². The van der Waals surface area contributed by atoms with Crippen LogP contribution in [0.3, 0.4) is 0 Å². The van der Waals surface area contributed by atoms with Gasteiger partial charge >= 0.3 is 40.0 Å². The maximum absolute atomic E-state index is 8.74. The molecule has 0 radical (unpaired) electrons. The Morgan fingerprint density at radius 1 is 0.714 bits per heavy atom. The van der Waals surface area contributed by atoms with Crippen LogP contribution < -0.4 is 29.6 Å². The van der Waals surface area contributed by atoms with Crippen molar-refractivity contribution in [2.75, 3.05) is 0 Å². The van der Waals surface area contributed by atoms with E-state index in [2.05, 4.69) is 0 Å². The van der Waals surface area contributed by atoms with Crippen LogP contribution in [-0.4, -0.2) is 55.9 Å². The van der Waals surface area contributed by atoms with E-state index in [0.717, 1.165) is 0 Å². The second kappa shape index (κ2) is 47.7. The summed E-state index contributed by atoms with van der Waals surface area (Å²) in [5.41, 5.74) is 0. The molecule has 0 saturated heterocycles. The number of hydrogen-bond donors (Lipinski definition) is 2. The average molecular weight is 314 g/mol. The molecule has 92 valence electrons. The number of rotatable bonds is 0. The Morgan fingerprint density at radius 2 is 0.714 bits per heavy atom. The van der Waals surface area contributed by atoms with Crippen LogP contribution in [0.1, 0.15) is 1.43 Å². The molecule has 0 bridgehead atoms. The van der Waals surface area contributed by atoms with Gasteiger partial charge in [0.25, 0.3) is 0 Å². The maximum Gasteiger partial charge on any atom is 1.00 e. The molecule has 0 unspecified atom stereocenters. The molecule has 0 heterocycles. The smallest absolute Gasteiger partial charge is 1.00 e. The Bertz CT molecular complexity index is 104. The molecule has 0 atom stereocenters. The molecule has 0 fully saturated rings. The van der Waals surface area contributed by atoms with Gasteiger partial charge in [0.05, 0.1) is 0 Å². The van der Waals surface area contributed by atoms with Gasteiger partial charge in [-0.15, -0.1) is 0 Å². The monoisotopic (exact) mass is 312 g/mol. The van der Waals surface area contributed by atoms with Crippen LogP contribution in [-0.2, 0) is 29.9 Å². The third kappa shape index (κ3) is 1340. The van der Waals surface area contributed by atoms with Gasteiger partial charge in [0.15, 0.2) is 0 Å². The molecular weight excluding hydrogens is 296 g/mol. The zero-order chi connectivity index (χ0) is 4.50. The molecule has 0 saturated carbocycles. The summed E-state index contributed by atoms with van der Waals surface area (Å²) < 4.78 is 31.6. The molecule has 0 aromatic carbocycles. The summed E-state index contributed by atoms with van der Waals surface area (Å²) in [5.74, 6) is 0. The minimum atomic E-state index is -4.67. The Hall–Kier alpha value is 1.21. The third-order valence-electron chi connectivity index (χ3n) is 0. The first-order valence-corrected chi connectivity index (χ1v) is 2.10. The molecule has 16 N–H and O–H groups in total. The summed E-state index contributed by atoms with van der Waals surface area (Å²) in [7, 11) is -4.67. The molecule has 0 aliphatic rings. The fourth-order valence-electron chi connectivity index (χ4n) is 0. The first kappa shape index (κ1) is 113. The van der Waals surface area contributed by atoms with Gasteiger partial charge in [-0.05, 0) is 0 Å². The fourth-order valence-corrected chi connectivity index (χ4v) is 0. The van der Waals surface area contributed by atoms with Gasteiger partial charge in [-0.3, -0.25) is 9.11 Å². The molecule has 0 aromatic rings. The number of hydrogen-bond acceptors (Lipinski definition) is 2. The molecule has 0 aliphatic carbocycles.